The van der Waals surface area contributed by atoms with Crippen molar-refractivity contribution in [3.05, 3.63) is 34.3 Å². The van der Waals surface area contributed by atoms with Crippen LogP contribution in [0.3, 0.4) is 0 Å². The smallest absolute Gasteiger partial charge is 0.290 e. The van der Waals surface area contributed by atoms with Gasteiger partial charge in [0.05, 0.1) is 6.54 Å². The first-order valence-electron chi connectivity index (χ1n) is 6.78. The lowest BCUT2D eigenvalue weighted by molar-refractivity contribution is -0.227. The molecule has 0 aromatic heterocycles. The summed E-state index contributed by atoms with van der Waals surface area (Å²) >= 11 is 3.33. The van der Waals surface area contributed by atoms with Crippen molar-refractivity contribution in [2.45, 2.75) is 18.3 Å². The summed E-state index contributed by atoms with van der Waals surface area (Å²) in [5, 5.41) is 2.67. The Morgan fingerprint density at radius 2 is 1.90 bits per heavy atom. The van der Waals surface area contributed by atoms with Gasteiger partial charge in [-0.05, 0) is 17.7 Å². The Morgan fingerprint density at radius 1 is 1.19 bits per heavy atom. The maximum absolute atomic E-state index is 13.7. The number of alkyl halides is 3. The van der Waals surface area contributed by atoms with Gasteiger partial charge in [-0.2, -0.15) is 13.2 Å². The molecule has 114 valence electrons. The minimum absolute atomic E-state index is 0.155. The molecule has 0 bridgehead atoms. The summed E-state index contributed by atoms with van der Waals surface area (Å²) in [6.07, 6.45) is -4.48. The van der Waals surface area contributed by atoms with Gasteiger partial charge in [0.25, 0.3) is 0 Å². The molecular formula is C14H15BrF3N3. The van der Waals surface area contributed by atoms with Gasteiger partial charge in [-0.25, -0.2) is 0 Å². The predicted octanol–water partition coefficient (Wildman–Crippen LogP) is 2.81. The minimum Gasteiger partial charge on any atom is -0.290 e. The molecule has 2 aliphatic heterocycles. The van der Waals surface area contributed by atoms with Gasteiger partial charge in [-0.3, -0.25) is 15.2 Å². The zero-order valence-electron chi connectivity index (χ0n) is 11.3. The molecule has 0 spiro atoms. The monoisotopic (exact) mass is 361 g/mol. The molecule has 1 saturated heterocycles. The number of hydrogen-bond donors (Lipinski definition) is 1. The van der Waals surface area contributed by atoms with Crippen LogP contribution in [0.4, 0.5) is 13.2 Å². The summed E-state index contributed by atoms with van der Waals surface area (Å²) in [4.78, 5) is 5.86. The highest BCUT2D eigenvalue weighted by Gasteiger charge is 2.61. The van der Waals surface area contributed by atoms with E-state index in [-0.39, 0.29) is 6.42 Å². The SMILES string of the molecule is FC(F)(F)[C@@]12CC(c3ccc(Br)cc3)=NCCN1CCN2. The molecular weight excluding hydrogens is 347 g/mol. The van der Waals surface area contributed by atoms with Gasteiger partial charge in [-0.15, -0.1) is 0 Å². The number of nitrogens with zero attached hydrogens (tertiary/aromatic N) is 2. The summed E-state index contributed by atoms with van der Waals surface area (Å²) in [5.41, 5.74) is -0.718. The number of aliphatic imine (C=N–C) groups is 1. The second-order valence-electron chi connectivity index (χ2n) is 5.28. The van der Waals surface area contributed by atoms with Crippen LogP contribution >= 0.6 is 15.9 Å². The first kappa shape index (κ1) is 15.0. The second-order valence-corrected chi connectivity index (χ2v) is 6.20. The highest BCUT2D eigenvalue weighted by atomic mass is 79.9. The first-order chi connectivity index (χ1) is 9.92. The third-order valence-electron chi connectivity index (χ3n) is 4.08. The lowest BCUT2D eigenvalue weighted by Crippen LogP contribution is -2.62. The van der Waals surface area contributed by atoms with Crippen LogP contribution in [-0.2, 0) is 0 Å². The first-order valence-corrected chi connectivity index (χ1v) is 7.58. The molecule has 2 aliphatic rings. The summed E-state index contributed by atoms with van der Waals surface area (Å²) in [7, 11) is 0. The van der Waals surface area contributed by atoms with Gasteiger partial charge in [-0.1, -0.05) is 28.1 Å². The van der Waals surface area contributed by atoms with E-state index >= 15 is 0 Å². The molecule has 7 heteroatoms. The van der Waals surface area contributed by atoms with E-state index in [4.69, 9.17) is 0 Å². The zero-order chi connectivity index (χ0) is 15.1. The van der Waals surface area contributed by atoms with Crippen LogP contribution in [-0.4, -0.2) is 48.6 Å². The van der Waals surface area contributed by atoms with Crippen LogP contribution in [0.15, 0.2) is 33.7 Å². The van der Waals surface area contributed by atoms with Gasteiger partial charge in [0.1, 0.15) is 0 Å². The van der Waals surface area contributed by atoms with Gasteiger partial charge in [0.2, 0.25) is 0 Å². The molecule has 1 fully saturated rings. The number of rotatable bonds is 1. The van der Waals surface area contributed by atoms with Crippen molar-refractivity contribution < 1.29 is 13.2 Å². The van der Waals surface area contributed by atoms with E-state index < -0.39 is 11.8 Å². The Labute approximate surface area is 129 Å². The molecule has 2 heterocycles. The number of halogens is 4. The van der Waals surface area contributed by atoms with E-state index in [0.29, 0.717) is 31.9 Å². The van der Waals surface area contributed by atoms with Crippen molar-refractivity contribution in [3.63, 3.8) is 0 Å². The van der Waals surface area contributed by atoms with E-state index in [1.54, 1.807) is 12.1 Å². The Hall–Kier alpha value is -0.920. The summed E-state index contributed by atoms with van der Waals surface area (Å²) in [5.74, 6) is 0. The van der Waals surface area contributed by atoms with Crippen LogP contribution in [0, 0.1) is 0 Å². The highest BCUT2D eigenvalue weighted by Crippen LogP contribution is 2.40. The third-order valence-corrected chi connectivity index (χ3v) is 4.61. The molecule has 1 N–H and O–H groups in total. The van der Waals surface area contributed by atoms with Crippen molar-refractivity contribution in [1.82, 2.24) is 10.2 Å². The Morgan fingerprint density at radius 3 is 2.57 bits per heavy atom. The molecule has 0 aliphatic carbocycles. The van der Waals surface area contributed by atoms with Gasteiger partial charge >= 0.3 is 6.18 Å². The molecule has 3 rings (SSSR count). The molecule has 21 heavy (non-hydrogen) atoms. The summed E-state index contributed by atoms with van der Waals surface area (Å²) in [6.45, 7) is 1.48. The number of fused-ring (bicyclic) bond motifs is 1. The van der Waals surface area contributed by atoms with E-state index in [1.165, 1.54) is 4.90 Å². The minimum atomic E-state index is -4.33. The van der Waals surface area contributed by atoms with Gasteiger partial charge in [0, 0.05) is 36.2 Å². The van der Waals surface area contributed by atoms with Crippen molar-refractivity contribution >= 4 is 21.6 Å². The van der Waals surface area contributed by atoms with Crippen molar-refractivity contribution in [1.29, 1.82) is 0 Å². The lowest BCUT2D eigenvalue weighted by atomic mass is 9.96. The van der Waals surface area contributed by atoms with Gasteiger partial charge in [0.15, 0.2) is 5.66 Å². The fourth-order valence-electron chi connectivity index (χ4n) is 3.00. The standard InChI is InChI=1S/C14H15BrF3N3/c15-11-3-1-10(2-4-11)12-9-13(14(16,17)18)20-6-8-21(13)7-5-19-12/h1-4,20H,5-9H2/t13-/m1/s1. The molecule has 1 aromatic carbocycles. The fourth-order valence-corrected chi connectivity index (χ4v) is 3.26. The summed E-state index contributed by atoms with van der Waals surface area (Å²) in [6, 6.07) is 7.25. The second kappa shape index (κ2) is 5.37. The topological polar surface area (TPSA) is 27.6 Å². The van der Waals surface area contributed by atoms with E-state index in [0.717, 1.165) is 10.0 Å². The number of nitrogens with one attached hydrogen (secondary N) is 1. The highest BCUT2D eigenvalue weighted by molar-refractivity contribution is 9.10. The molecule has 3 nitrogen and oxygen atoms in total. The fraction of sp³-hybridized carbons (Fsp3) is 0.500. The van der Waals surface area contributed by atoms with Crippen LogP contribution in [0.5, 0.6) is 0 Å². The molecule has 0 unspecified atom stereocenters. The molecule has 1 atom stereocenters. The van der Waals surface area contributed by atoms with Crippen LogP contribution in [0.2, 0.25) is 0 Å². The number of hydrogen-bond acceptors (Lipinski definition) is 3. The normalized spacial score (nSPS) is 27.1. The Balaban J connectivity index is 1.97. The van der Waals surface area contributed by atoms with Crippen molar-refractivity contribution in [3.8, 4) is 0 Å². The molecule has 0 saturated carbocycles. The van der Waals surface area contributed by atoms with Gasteiger partial charge < -0.3 is 0 Å². The average Bonchev–Trinajstić information content (AvgIpc) is 2.74. The quantitative estimate of drug-likeness (QED) is 0.832. The maximum Gasteiger partial charge on any atom is 0.420 e. The van der Waals surface area contributed by atoms with E-state index in [2.05, 4.69) is 26.2 Å². The van der Waals surface area contributed by atoms with Crippen molar-refractivity contribution in [2.24, 2.45) is 4.99 Å². The lowest BCUT2D eigenvalue weighted by Gasteiger charge is -2.38. The van der Waals surface area contributed by atoms with E-state index in [9.17, 15) is 13.2 Å². The third kappa shape index (κ3) is 2.62. The number of benzene rings is 1. The molecule has 0 radical (unpaired) electrons. The maximum atomic E-state index is 13.7. The predicted molar refractivity (Wildman–Crippen MR) is 78.5 cm³/mol. The zero-order valence-corrected chi connectivity index (χ0v) is 12.8. The Bertz CT molecular complexity index is 556. The average molecular weight is 362 g/mol. The van der Waals surface area contributed by atoms with Crippen molar-refractivity contribution in [2.75, 3.05) is 26.2 Å². The molecule has 1 aromatic rings. The van der Waals surface area contributed by atoms with Crippen LogP contribution < -0.4 is 5.32 Å². The molecule has 0 amide bonds. The van der Waals surface area contributed by atoms with Crippen LogP contribution in [0.1, 0.15) is 12.0 Å². The van der Waals surface area contributed by atoms with Crippen LogP contribution in [0.25, 0.3) is 0 Å². The van der Waals surface area contributed by atoms with E-state index in [1.807, 2.05) is 12.1 Å². The Kier molecular flexibility index (Phi) is 3.83. The largest absolute Gasteiger partial charge is 0.420 e. The summed E-state index contributed by atoms with van der Waals surface area (Å²) < 4.78 is 41.9.